The Hall–Kier alpha value is -3.42. The van der Waals surface area contributed by atoms with Gasteiger partial charge in [0.25, 0.3) is 5.91 Å². The molecule has 5 rings (SSSR count). The number of hydrogen-bond donors (Lipinski definition) is 2. The smallest absolute Gasteiger partial charge is 0.313 e. The first kappa shape index (κ1) is 31.5. The van der Waals surface area contributed by atoms with Crippen molar-refractivity contribution in [2.45, 2.75) is 24.7 Å². The highest BCUT2D eigenvalue weighted by atomic mass is 35.5. The van der Waals surface area contributed by atoms with E-state index in [-0.39, 0.29) is 30.0 Å². The van der Waals surface area contributed by atoms with Gasteiger partial charge in [-0.05, 0) is 78.9 Å². The number of rotatable bonds is 12. The average molecular weight is 624 g/mol. The maximum absolute atomic E-state index is 14.5. The first-order valence-electron chi connectivity index (χ1n) is 12.9. The fourth-order valence-electron chi connectivity index (χ4n) is 4.46. The zero-order valence-electron chi connectivity index (χ0n) is 22.8. The number of alkyl halides is 2. The number of anilines is 1. The maximum Gasteiger partial charge on any atom is 0.313 e. The lowest BCUT2D eigenvalue weighted by atomic mass is 10.00. The topological polar surface area (TPSA) is 101 Å². The van der Waals surface area contributed by atoms with Crippen LogP contribution in [0.2, 0.25) is 0 Å². The minimum absolute atomic E-state index is 0. The van der Waals surface area contributed by atoms with Crippen LogP contribution in [0, 0.1) is 5.82 Å². The monoisotopic (exact) mass is 623 g/mol. The highest BCUT2D eigenvalue weighted by molar-refractivity contribution is 7.96. The number of hydrogen-bond acceptors (Lipinski definition) is 7. The Balaban J connectivity index is 0.00000405. The standard InChI is InChI=1S/C29H28F3N3O5S.ClH/c1-34-28(36)26-23-13-22(17-3-4-17)24(35(41-40-37-2)16-29(31,32)15-33)14-25(23)39-27(26)18-5-9-20(10-6-18)38-21-11-7-19(30)8-12-21;/h5-14,17H,3-4,15-16,33H2,1-2H3,(H,34,36);1H. The molecule has 1 aromatic heterocycles. The first-order valence-corrected chi connectivity index (χ1v) is 13.6. The molecule has 1 saturated carbocycles. The van der Waals surface area contributed by atoms with E-state index in [1.54, 1.807) is 30.3 Å². The van der Waals surface area contributed by atoms with Crippen LogP contribution in [0.1, 0.15) is 34.7 Å². The number of nitrogens with one attached hydrogen (secondary N) is 1. The third-order valence-electron chi connectivity index (χ3n) is 6.67. The van der Waals surface area contributed by atoms with E-state index in [0.717, 1.165) is 18.4 Å². The molecule has 0 saturated heterocycles. The van der Waals surface area contributed by atoms with Crippen molar-refractivity contribution in [1.29, 1.82) is 0 Å². The van der Waals surface area contributed by atoms with E-state index in [4.69, 9.17) is 13.5 Å². The van der Waals surface area contributed by atoms with Gasteiger partial charge in [0.1, 0.15) is 41.7 Å². The predicted molar refractivity (Wildman–Crippen MR) is 149 cm³/mol. The van der Waals surface area contributed by atoms with Crippen LogP contribution in [0.25, 0.3) is 22.3 Å². The van der Waals surface area contributed by atoms with Crippen LogP contribution >= 0.6 is 12.2 Å². The summed E-state index contributed by atoms with van der Waals surface area (Å²) in [6.45, 7) is -1.26. The van der Waals surface area contributed by atoms with Gasteiger partial charge in [0.2, 0.25) is 0 Å². The molecule has 4 aromatic rings. The van der Waals surface area contributed by atoms with E-state index < -0.39 is 19.0 Å². The molecule has 1 heterocycles. The largest absolute Gasteiger partial charge is 1.00 e. The third-order valence-corrected chi connectivity index (χ3v) is 7.37. The molecule has 1 fully saturated rings. The number of carbonyl (C=O) groups is 1. The number of halogens is 4. The number of carbonyl (C=O) groups excluding carboxylic acids is 1. The summed E-state index contributed by atoms with van der Waals surface area (Å²) in [6, 6.07) is 16.1. The van der Waals surface area contributed by atoms with E-state index in [1.165, 1.54) is 42.7 Å². The lowest BCUT2D eigenvalue weighted by Gasteiger charge is -2.26. The zero-order chi connectivity index (χ0) is 29.1. The molecule has 4 N–H and O–H groups in total. The number of quaternary nitrogens is 1. The normalized spacial score (nSPS) is 13.1. The van der Waals surface area contributed by atoms with Crippen molar-refractivity contribution >= 4 is 34.8 Å². The van der Waals surface area contributed by atoms with E-state index in [9.17, 15) is 18.0 Å². The highest BCUT2D eigenvalue weighted by Crippen LogP contribution is 2.49. The molecule has 3 aromatic carbocycles. The Labute approximate surface area is 250 Å². The first-order chi connectivity index (χ1) is 19.7. The van der Waals surface area contributed by atoms with Crippen LogP contribution in [0.15, 0.2) is 65.1 Å². The maximum atomic E-state index is 14.5. The Morgan fingerprint density at radius 1 is 1.12 bits per heavy atom. The summed E-state index contributed by atoms with van der Waals surface area (Å²) in [7, 11) is 2.82. The molecule has 13 heteroatoms. The Kier molecular flexibility index (Phi) is 9.95. The summed E-state index contributed by atoms with van der Waals surface area (Å²) in [5, 5.41) is 3.24. The molecule has 1 aliphatic rings. The van der Waals surface area contributed by atoms with Crippen molar-refractivity contribution in [3.63, 3.8) is 0 Å². The SMILES string of the molecule is CNC(=O)c1c(-c2ccc(Oc3ccc(F)cc3)cc2)oc2cc(N(CC(F)(F)C[NH3+])SOOC)c(C3CC3)cc12.[Cl-]. The van der Waals surface area contributed by atoms with Crippen LogP contribution in [-0.4, -0.2) is 39.1 Å². The molecular weight excluding hydrogens is 595 g/mol. The van der Waals surface area contributed by atoms with Crippen molar-refractivity contribution in [1.82, 2.24) is 5.32 Å². The van der Waals surface area contributed by atoms with E-state index in [1.807, 2.05) is 6.07 Å². The van der Waals surface area contributed by atoms with Gasteiger partial charge in [-0.2, -0.15) is 8.78 Å². The fourth-order valence-corrected chi connectivity index (χ4v) is 5.08. The second-order valence-corrected chi connectivity index (χ2v) is 10.3. The van der Waals surface area contributed by atoms with Crippen molar-refractivity contribution in [3.8, 4) is 22.8 Å². The van der Waals surface area contributed by atoms with E-state index in [0.29, 0.717) is 57.3 Å². The number of fused-ring (bicyclic) bond motifs is 1. The Bertz CT molecular complexity index is 1530. The van der Waals surface area contributed by atoms with E-state index in [2.05, 4.69) is 15.9 Å². The van der Waals surface area contributed by atoms with Gasteiger partial charge >= 0.3 is 5.92 Å². The lowest BCUT2D eigenvalue weighted by Crippen LogP contribution is -3.00. The van der Waals surface area contributed by atoms with Gasteiger partial charge in [0.15, 0.2) is 12.2 Å². The Morgan fingerprint density at radius 3 is 2.33 bits per heavy atom. The van der Waals surface area contributed by atoms with Crippen LogP contribution in [0.3, 0.4) is 0 Å². The molecule has 0 spiro atoms. The van der Waals surface area contributed by atoms with Crippen molar-refractivity contribution < 1.29 is 54.5 Å². The molecule has 0 aliphatic heterocycles. The summed E-state index contributed by atoms with van der Waals surface area (Å²) >= 11 is 0.654. The van der Waals surface area contributed by atoms with Crippen LogP contribution in [0.4, 0.5) is 18.9 Å². The summed E-state index contributed by atoms with van der Waals surface area (Å²) in [5.74, 6) is -2.35. The number of amides is 1. The molecule has 224 valence electrons. The van der Waals surface area contributed by atoms with Crippen molar-refractivity contribution in [2.24, 2.45) is 0 Å². The minimum atomic E-state index is -3.08. The molecule has 0 bridgehead atoms. The van der Waals surface area contributed by atoms with Crippen molar-refractivity contribution in [2.75, 3.05) is 31.6 Å². The summed E-state index contributed by atoms with van der Waals surface area (Å²) in [6.07, 6.45) is 1.78. The molecule has 8 nitrogen and oxygen atoms in total. The van der Waals surface area contributed by atoms with E-state index >= 15 is 0 Å². The molecular formula is C29H29ClF3N3O5S. The third kappa shape index (κ3) is 6.96. The number of nitrogens with zero attached hydrogens (tertiary/aromatic N) is 1. The van der Waals surface area contributed by atoms with Gasteiger partial charge < -0.3 is 32.6 Å². The number of furan rings is 1. The van der Waals surface area contributed by atoms with Crippen molar-refractivity contribution in [3.05, 3.63) is 77.6 Å². The van der Waals surface area contributed by atoms with Gasteiger partial charge in [-0.1, -0.05) is 0 Å². The van der Waals surface area contributed by atoms with Gasteiger partial charge in [-0.3, -0.25) is 9.10 Å². The van der Waals surface area contributed by atoms with Gasteiger partial charge in [0, 0.05) is 24.1 Å². The van der Waals surface area contributed by atoms with Crippen LogP contribution in [-0.2, 0) is 9.22 Å². The minimum Gasteiger partial charge on any atom is -1.00 e. The molecule has 0 atom stereocenters. The predicted octanol–water partition coefficient (Wildman–Crippen LogP) is 3.10. The second-order valence-electron chi connectivity index (χ2n) is 9.60. The number of ether oxygens (including phenoxy) is 1. The fraction of sp³-hybridized carbons (Fsp3) is 0.276. The lowest BCUT2D eigenvalue weighted by molar-refractivity contribution is -0.405. The second kappa shape index (κ2) is 13.3. The summed E-state index contributed by atoms with van der Waals surface area (Å²) < 4.78 is 60.5. The average Bonchev–Trinajstić information content (AvgIpc) is 3.76. The molecule has 42 heavy (non-hydrogen) atoms. The van der Waals surface area contributed by atoms with Gasteiger partial charge in [-0.15, -0.1) is 4.33 Å². The van der Waals surface area contributed by atoms with Crippen LogP contribution < -0.4 is 32.5 Å². The summed E-state index contributed by atoms with van der Waals surface area (Å²) in [4.78, 5) is 17.8. The molecule has 1 amide bonds. The summed E-state index contributed by atoms with van der Waals surface area (Å²) in [5.41, 5.74) is 5.96. The van der Waals surface area contributed by atoms with Crippen LogP contribution in [0.5, 0.6) is 11.5 Å². The molecule has 1 aliphatic carbocycles. The Morgan fingerprint density at radius 2 is 1.76 bits per heavy atom. The zero-order valence-corrected chi connectivity index (χ0v) is 24.4. The van der Waals surface area contributed by atoms with Gasteiger partial charge in [-0.25, -0.2) is 9.28 Å². The quantitative estimate of drug-likeness (QED) is 0.108. The highest BCUT2D eigenvalue weighted by Gasteiger charge is 2.37. The molecule has 0 radical (unpaired) electrons. The van der Waals surface area contributed by atoms with Gasteiger partial charge in [0.05, 0.1) is 18.4 Å². The number of benzene rings is 3. The molecule has 0 unspecified atom stereocenters.